The molecule has 2 saturated heterocycles. The van der Waals surface area contributed by atoms with E-state index in [9.17, 15) is 17.6 Å². The average molecular weight is 418 g/mol. The molecular weight excluding hydrogens is 400 g/mol. The average Bonchev–Trinajstić information content (AvgIpc) is 3.14. The lowest BCUT2D eigenvalue weighted by atomic mass is 9.72. The second-order valence-electron chi connectivity index (χ2n) is 8.03. The topological polar surface area (TPSA) is 45.4 Å². The molecule has 1 aromatic heterocycles. The molecule has 1 spiro atoms. The molecular formula is C21H18F4N4O. The summed E-state index contributed by atoms with van der Waals surface area (Å²) in [6, 6.07) is 11.0. The van der Waals surface area contributed by atoms with Crippen molar-refractivity contribution in [2.75, 3.05) is 31.1 Å². The molecule has 0 unspecified atom stereocenters. The zero-order valence-electron chi connectivity index (χ0n) is 15.9. The SMILES string of the molecule is Fc1cccc(N2CC3(CN(Cc4ccc(-c5nnc(C(F)F)o5)cc4F)C3)C2)c1. The van der Waals surface area contributed by atoms with Crippen LogP contribution in [-0.2, 0) is 6.54 Å². The molecule has 9 heteroatoms. The summed E-state index contributed by atoms with van der Waals surface area (Å²) >= 11 is 0. The molecule has 0 N–H and O–H groups in total. The van der Waals surface area contributed by atoms with Crippen molar-refractivity contribution in [2.24, 2.45) is 5.41 Å². The summed E-state index contributed by atoms with van der Waals surface area (Å²) in [5.41, 5.74) is 1.85. The van der Waals surface area contributed by atoms with E-state index in [1.165, 1.54) is 18.2 Å². The Balaban J connectivity index is 1.18. The fourth-order valence-electron chi connectivity index (χ4n) is 4.32. The van der Waals surface area contributed by atoms with Crippen molar-refractivity contribution < 1.29 is 22.0 Å². The third-order valence-electron chi connectivity index (χ3n) is 5.67. The fraction of sp³-hybridized carbons (Fsp3) is 0.333. The summed E-state index contributed by atoms with van der Waals surface area (Å²) < 4.78 is 57.9. The van der Waals surface area contributed by atoms with Crippen molar-refractivity contribution in [1.82, 2.24) is 15.1 Å². The van der Waals surface area contributed by atoms with Gasteiger partial charge in [0.1, 0.15) is 11.6 Å². The number of rotatable bonds is 5. The monoisotopic (exact) mass is 418 g/mol. The van der Waals surface area contributed by atoms with Crippen molar-refractivity contribution in [2.45, 2.75) is 13.0 Å². The van der Waals surface area contributed by atoms with Crippen molar-refractivity contribution in [3.8, 4) is 11.5 Å². The maximum Gasteiger partial charge on any atom is 0.314 e. The van der Waals surface area contributed by atoms with Gasteiger partial charge in [0.05, 0.1) is 0 Å². The van der Waals surface area contributed by atoms with E-state index in [4.69, 9.17) is 4.42 Å². The maximum atomic E-state index is 14.5. The lowest BCUT2D eigenvalue weighted by molar-refractivity contribution is -0.0279. The highest BCUT2D eigenvalue weighted by molar-refractivity contribution is 5.54. The summed E-state index contributed by atoms with van der Waals surface area (Å²) in [4.78, 5) is 4.30. The largest absolute Gasteiger partial charge is 0.415 e. The first-order valence-corrected chi connectivity index (χ1v) is 9.54. The maximum absolute atomic E-state index is 14.5. The standard InChI is InChI=1S/C21H18F4N4O/c22-15-2-1-3-16(7-15)29-11-21(12-29)9-28(10-21)8-14-5-4-13(6-17(14)23)19-26-27-20(30-19)18(24)25/h1-7,18H,8-12H2. The van der Waals surface area contributed by atoms with Crippen molar-refractivity contribution >= 4 is 5.69 Å². The lowest BCUT2D eigenvalue weighted by Crippen LogP contribution is -2.72. The first kappa shape index (κ1) is 19.0. The number of likely N-dealkylation sites (tertiary alicyclic amines) is 1. The van der Waals surface area contributed by atoms with E-state index in [1.54, 1.807) is 18.2 Å². The predicted octanol–water partition coefficient (Wildman–Crippen LogP) is 4.27. The van der Waals surface area contributed by atoms with Gasteiger partial charge in [0.15, 0.2) is 0 Å². The van der Waals surface area contributed by atoms with E-state index in [-0.39, 0.29) is 22.7 Å². The summed E-state index contributed by atoms with van der Waals surface area (Å²) in [6.07, 6.45) is -2.86. The quantitative estimate of drug-likeness (QED) is 0.579. The number of anilines is 1. The van der Waals surface area contributed by atoms with Crippen molar-refractivity contribution in [3.05, 3.63) is 65.6 Å². The fourth-order valence-corrected chi connectivity index (χ4v) is 4.32. The molecule has 2 fully saturated rings. The van der Waals surface area contributed by atoms with Crippen LogP contribution in [0.1, 0.15) is 17.9 Å². The summed E-state index contributed by atoms with van der Waals surface area (Å²) in [6.45, 7) is 3.87. The van der Waals surface area contributed by atoms with Crippen LogP contribution in [0.3, 0.4) is 0 Å². The highest BCUT2D eigenvalue weighted by Crippen LogP contribution is 2.42. The van der Waals surface area contributed by atoms with E-state index >= 15 is 0 Å². The van der Waals surface area contributed by atoms with Gasteiger partial charge in [-0.3, -0.25) is 4.90 Å². The van der Waals surface area contributed by atoms with Crippen LogP contribution in [0.2, 0.25) is 0 Å². The van der Waals surface area contributed by atoms with Crippen LogP contribution in [0, 0.1) is 17.0 Å². The Morgan fingerprint density at radius 1 is 1.00 bits per heavy atom. The molecule has 3 aromatic rings. The van der Waals surface area contributed by atoms with Gasteiger partial charge in [0.25, 0.3) is 5.89 Å². The second kappa shape index (κ2) is 7.09. The number of alkyl halides is 2. The Morgan fingerprint density at radius 3 is 2.47 bits per heavy atom. The molecule has 2 aliphatic rings. The molecule has 30 heavy (non-hydrogen) atoms. The Morgan fingerprint density at radius 2 is 1.80 bits per heavy atom. The molecule has 156 valence electrons. The minimum absolute atomic E-state index is 0.134. The zero-order chi connectivity index (χ0) is 20.9. The second-order valence-corrected chi connectivity index (χ2v) is 8.03. The lowest BCUT2D eigenvalue weighted by Gasteiger charge is -2.61. The number of hydrogen-bond acceptors (Lipinski definition) is 5. The van der Waals surface area contributed by atoms with Gasteiger partial charge in [-0.05, 0) is 30.3 Å². The Labute approximate surface area is 169 Å². The smallest absolute Gasteiger partial charge is 0.314 e. The van der Waals surface area contributed by atoms with Crippen molar-refractivity contribution in [3.63, 3.8) is 0 Å². The van der Waals surface area contributed by atoms with E-state index < -0.39 is 18.1 Å². The molecule has 5 nitrogen and oxygen atoms in total. The van der Waals surface area contributed by atoms with Gasteiger partial charge in [0.2, 0.25) is 5.89 Å². The third-order valence-corrected chi connectivity index (χ3v) is 5.67. The van der Waals surface area contributed by atoms with Gasteiger partial charge >= 0.3 is 6.43 Å². The number of halogens is 4. The number of benzene rings is 2. The highest BCUT2D eigenvalue weighted by atomic mass is 19.3. The third kappa shape index (κ3) is 3.43. The Kier molecular flexibility index (Phi) is 4.50. The summed E-state index contributed by atoms with van der Waals surface area (Å²) in [5, 5.41) is 6.80. The molecule has 5 rings (SSSR count). The van der Waals surface area contributed by atoms with Crippen LogP contribution in [0.5, 0.6) is 0 Å². The number of aromatic nitrogens is 2. The molecule has 0 amide bonds. The summed E-state index contributed by atoms with van der Waals surface area (Å²) in [7, 11) is 0. The van der Waals surface area contributed by atoms with Crippen LogP contribution in [0.25, 0.3) is 11.5 Å². The first-order valence-electron chi connectivity index (χ1n) is 9.54. The zero-order valence-corrected chi connectivity index (χ0v) is 15.9. The van der Waals surface area contributed by atoms with Gasteiger partial charge < -0.3 is 9.32 Å². The summed E-state index contributed by atoms with van der Waals surface area (Å²) in [5.74, 6) is -1.60. The van der Waals surface area contributed by atoms with E-state index in [0.717, 1.165) is 31.9 Å². The molecule has 0 atom stereocenters. The van der Waals surface area contributed by atoms with Crippen LogP contribution >= 0.6 is 0 Å². The van der Waals surface area contributed by atoms with Gasteiger partial charge in [-0.25, -0.2) is 8.78 Å². The van der Waals surface area contributed by atoms with E-state index in [1.807, 2.05) is 6.07 Å². The Bertz CT molecular complexity index is 1070. The van der Waals surface area contributed by atoms with E-state index in [2.05, 4.69) is 20.0 Å². The minimum Gasteiger partial charge on any atom is -0.415 e. The van der Waals surface area contributed by atoms with Gasteiger partial charge in [-0.15, -0.1) is 10.2 Å². The van der Waals surface area contributed by atoms with Gasteiger partial charge in [-0.2, -0.15) is 8.78 Å². The molecule has 0 radical (unpaired) electrons. The van der Waals surface area contributed by atoms with E-state index in [0.29, 0.717) is 12.1 Å². The van der Waals surface area contributed by atoms with Gasteiger partial charge in [0, 0.05) is 55.0 Å². The number of nitrogens with zero attached hydrogens (tertiary/aromatic N) is 4. The van der Waals surface area contributed by atoms with Crippen LogP contribution < -0.4 is 4.90 Å². The Hall–Kier alpha value is -2.94. The van der Waals surface area contributed by atoms with Gasteiger partial charge in [-0.1, -0.05) is 12.1 Å². The molecule has 2 aliphatic heterocycles. The normalized spacial score (nSPS) is 18.0. The molecule has 0 saturated carbocycles. The number of hydrogen-bond donors (Lipinski definition) is 0. The predicted molar refractivity (Wildman–Crippen MR) is 101 cm³/mol. The van der Waals surface area contributed by atoms with Crippen LogP contribution in [-0.4, -0.2) is 41.3 Å². The highest BCUT2D eigenvalue weighted by Gasteiger charge is 2.51. The van der Waals surface area contributed by atoms with Crippen LogP contribution in [0.15, 0.2) is 46.9 Å². The molecule has 0 aliphatic carbocycles. The minimum atomic E-state index is -2.86. The molecule has 2 aromatic carbocycles. The van der Waals surface area contributed by atoms with Crippen molar-refractivity contribution in [1.29, 1.82) is 0 Å². The molecule has 0 bridgehead atoms. The first-order chi connectivity index (χ1) is 14.4. The van der Waals surface area contributed by atoms with Crippen LogP contribution in [0.4, 0.5) is 23.2 Å². The molecule has 3 heterocycles.